The first-order valence-corrected chi connectivity index (χ1v) is 2.77. The minimum Gasteiger partial charge on any atom is -0.394 e. The van der Waals surface area contributed by atoms with Gasteiger partial charge in [-0.15, -0.1) is 0 Å². The summed E-state index contributed by atoms with van der Waals surface area (Å²) in [6, 6.07) is 0. The molecule has 0 aromatic carbocycles. The van der Waals surface area contributed by atoms with E-state index >= 15 is 0 Å². The molecule has 0 aliphatic heterocycles. The van der Waals surface area contributed by atoms with Gasteiger partial charge in [0.25, 0.3) is 0 Å². The quantitative estimate of drug-likeness (QED) is 0.351. The van der Waals surface area contributed by atoms with Crippen molar-refractivity contribution < 1.29 is 14.6 Å². The Morgan fingerprint density at radius 2 is 2.33 bits per heavy atom. The third kappa shape index (κ3) is 7.39. The zero-order valence-corrected chi connectivity index (χ0v) is 5.17. The van der Waals surface area contributed by atoms with Crippen molar-refractivity contribution in [1.29, 1.82) is 0 Å². The summed E-state index contributed by atoms with van der Waals surface area (Å²) in [5.74, 6) is 0. The van der Waals surface area contributed by atoms with E-state index in [4.69, 9.17) is 9.84 Å². The van der Waals surface area contributed by atoms with Gasteiger partial charge in [0.15, 0.2) is 0 Å². The summed E-state index contributed by atoms with van der Waals surface area (Å²) in [5.41, 5.74) is 0. The van der Waals surface area contributed by atoms with E-state index < -0.39 is 0 Å². The molecule has 0 saturated carbocycles. The van der Waals surface area contributed by atoms with Gasteiger partial charge >= 0.3 is 0 Å². The smallest absolute Gasteiger partial charge is 0.207 e. The lowest BCUT2D eigenvalue weighted by Gasteiger charge is -1.98. The van der Waals surface area contributed by atoms with Gasteiger partial charge in [0.1, 0.15) is 0 Å². The minimum absolute atomic E-state index is 0.0289. The Balaban J connectivity index is 2.66. The summed E-state index contributed by atoms with van der Waals surface area (Å²) in [5, 5.41) is 10.6. The van der Waals surface area contributed by atoms with Gasteiger partial charge in [-0.05, 0) is 0 Å². The monoisotopic (exact) mass is 133 g/mol. The van der Waals surface area contributed by atoms with Gasteiger partial charge < -0.3 is 15.2 Å². The molecule has 2 N–H and O–H groups in total. The fourth-order valence-corrected chi connectivity index (χ4v) is 0.357. The maximum absolute atomic E-state index is 9.62. The largest absolute Gasteiger partial charge is 0.394 e. The average Bonchev–Trinajstić information content (AvgIpc) is 1.89. The number of aliphatic hydroxyl groups excluding tert-OH is 1. The van der Waals surface area contributed by atoms with Gasteiger partial charge in [-0.25, -0.2) is 0 Å². The molecule has 0 spiro atoms. The van der Waals surface area contributed by atoms with E-state index in [1.807, 2.05) is 0 Å². The number of rotatable bonds is 6. The number of carbonyl (C=O) groups is 1. The second-order valence-corrected chi connectivity index (χ2v) is 1.41. The molecule has 4 nitrogen and oxygen atoms in total. The Bertz CT molecular complexity index is 67.2. The summed E-state index contributed by atoms with van der Waals surface area (Å²) in [4.78, 5) is 9.62. The van der Waals surface area contributed by atoms with Crippen LogP contribution in [0.15, 0.2) is 0 Å². The topological polar surface area (TPSA) is 58.6 Å². The summed E-state index contributed by atoms with van der Waals surface area (Å²) in [7, 11) is 0. The van der Waals surface area contributed by atoms with Crippen LogP contribution in [0.5, 0.6) is 0 Å². The van der Waals surface area contributed by atoms with Crippen molar-refractivity contribution in [2.24, 2.45) is 0 Å². The Hall–Kier alpha value is -0.610. The van der Waals surface area contributed by atoms with E-state index in [2.05, 4.69) is 5.32 Å². The van der Waals surface area contributed by atoms with Crippen LogP contribution in [0.1, 0.15) is 0 Å². The van der Waals surface area contributed by atoms with Gasteiger partial charge in [-0.2, -0.15) is 0 Å². The molecule has 1 amide bonds. The summed E-state index contributed by atoms with van der Waals surface area (Å²) >= 11 is 0. The molecular weight excluding hydrogens is 122 g/mol. The number of nitrogens with one attached hydrogen (secondary N) is 1. The molecule has 0 aliphatic rings. The Labute approximate surface area is 53.8 Å². The van der Waals surface area contributed by atoms with Crippen LogP contribution in [0.2, 0.25) is 0 Å². The van der Waals surface area contributed by atoms with Crippen molar-refractivity contribution in [2.75, 3.05) is 26.4 Å². The third-order valence-corrected chi connectivity index (χ3v) is 0.710. The third-order valence-electron chi connectivity index (χ3n) is 0.710. The predicted octanol–water partition coefficient (Wildman–Crippen LogP) is -1.26. The molecule has 0 heterocycles. The normalized spacial score (nSPS) is 9.00. The SMILES string of the molecule is O=CNCCOCCO. The van der Waals surface area contributed by atoms with Gasteiger partial charge in [-0.1, -0.05) is 0 Å². The molecule has 0 atom stereocenters. The number of amides is 1. The highest BCUT2D eigenvalue weighted by Crippen LogP contribution is 1.68. The van der Waals surface area contributed by atoms with Crippen LogP contribution in [0.4, 0.5) is 0 Å². The number of ether oxygens (including phenoxy) is 1. The van der Waals surface area contributed by atoms with E-state index in [1.165, 1.54) is 0 Å². The zero-order chi connectivity index (χ0) is 6.95. The number of hydrogen-bond acceptors (Lipinski definition) is 3. The van der Waals surface area contributed by atoms with Crippen molar-refractivity contribution in [2.45, 2.75) is 0 Å². The fraction of sp³-hybridized carbons (Fsp3) is 0.800. The molecule has 0 bridgehead atoms. The van der Waals surface area contributed by atoms with Crippen LogP contribution in [0, 0.1) is 0 Å². The first kappa shape index (κ1) is 8.39. The predicted molar refractivity (Wildman–Crippen MR) is 32.0 cm³/mol. The molecule has 0 radical (unpaired) electrons. The van der Waals surface area contributed by atoms with E-state index in [9.17, 15) is 4.79 Å². The zero-order valence-electron chi connectivity index (χ0n) is 5.17. The highest BCUT2D eigenvalue weighted by atomic mass is 16.5. The molecule has 0 unspecified atom stereocenters. The van der Waals surface area contributed by atoms with E-state index in [0.717, 1.165) is 0 Å². The van der Waals surface area contributed by atoms with Crippen molar-refractivity contribution >= 4 is 6.41 Å². The first-order chi connectivity index (χ1) is 4.41. The standard InChI is InChI=1S/C5H11NO3/c7-2-4-9-3-1-6-5-8/h5,7H,1-4H2,(H,6,8). The van der Waals surface area contributed by atoms with Crippen molar-refractivity contribution in [3.8, 4) is 0 Å². The van der Waals surface area contributed by atoms with Crippen molar-refractivity contribution in [3.05, 3.63) is 0 Å². The maximum atomic E-state index is 9.62. The lowest BCUT2D eigenvalue weighted by atomic mass is 10.7. The first-order valence-electron chi connectivity index (χ1n) is 2.77. The van der Waals surface area contributed by atoms with Crippen LogP contribution < -0.4 is 5.32 Å². The Morgan fingerprint density at radius 3 is 2.89 bits per heavy atom. The van der Waals surface area contributed by atoms with Crippen LogP contribution in [0.3, 0.4) is 0 Å². The van der Waals surface area contributed by atoms with Crippen LogP contribution in [-0.4, -0.2) is 37.9 Å². The molecule has 0 fully saturated rings. The van der Waals surface area contributed by atoms with Crippen molar-refractivity contribution in [1.82, 2.24) is 5.32 Å². The van der Waals surface area contributed by atoms with Crippen LogP contribution in [0.25, 0.3) is 0 Å². The molecule has 9 heavy (non-hydrogen) atoms. The second-order valence-electron chi connectivity index (χ2n) is 1.41. The minimum atomic E-state index is 0.0289. The number of hydrogen-bond donors (Lipinski definition) is 2. The fourth-order valence-electron chi connectivity index (χ4n) is 0.357. The summed E-state index contributed by atoms with van der Waals surface area (Å²) in [6.45, 7) is 1.32. The van der Waals surface area contributed by atoms with Gasteiger partial charge in [0, 0.05) is 6.54 Å². The molecule has 0 aliphatic carbocycles. The lowest BCUT2D eigenvalue weighted by Crippen LogP contribution is -2.18. The van der Waals surface area contributed by atoms with Gasteiger partial charge in [0.05, 0.1) is 19.8 Å². The lowest BCUT2D eigenvalue weighted by molar-refractivity contribution is -0.109. The molecule has 4 heteroatoms. The number of aliphatic hydroxyl groups is 1. The highest BCUT2D eigenvalue weighted by Gasteiger charge is 1.83. The maximum Gasteiger partial charge on any atom is 0.207 e. The molecule has 0 saturated heterocycles. The highest BCUT2D eigenvalue weighted by molar-refractivity contribution is 5.45. The van der Waals surface area contributed by atoms with Gasteiger partial charge in [0.2, 0.25) is 6.41 Å². The average molecular weight is 133 g/mol. The molecule has 0 aromatic rings. The molecule has 54 valence electrons. The Morgan fingerprint density at radius 1 is 1.56 bits per heavy atom. The molecular formula is C5H11NO3. The van der Waals surface area contributed by atoms with Crippen LogP contribution in [-0.2, 0) is 9.53 Å². The second kappa shape index (κ2) is 7.39. The molecule has 0 aromatic heterocycles. The van der Waals surface area contributed by atoms with Crippen LogP contribution >= 0.6 is 0 Å². The van der Waals surface area contributed by atoms with Crippen molar-refractivity contribution in [3.63, 3.8) is 0 Å². The van der Waals surface area contributed by atoms with Gasteiger partial charge in [-0.3, -0.25) is 4.79 Å². The van der Waals surface area contributed by atoms with E-state index in [0.29, 0.717) is 26.2 Å². The summed E-state index contributed by atoms with van der Waals surface area (Å²) in [6.07, 6.45) is 0.613. The number of carbonyl (C=O) groups excluding carboxylic acids is 1. The van der Waals surface area contributed by atoms with E-state index in [-0.39, 0.29) is 6.61 Å². The summed E-state index contributed by atoms with van der Waals surface area (Å²) < 4.78 is 4.81. The molecule has 0 rings (SSSR count). The Kier molecular flexibility index (Phi) is 6.89. The van der Waals surface area contributed by atoms with E-state index in [1.54, 1.807) is 0 Å².